The van der Waals surface area contributed by atoms with E-state index in [0.29, 0.717) is 0 Å². The largest absolute Gasteiger partial charge is 0.494 e. The number of rotatable bonds is 15. The van der Waals surface area contributed by atoms with Crippen molar-refractivity contribution in [3.05, 3.63) is 99.1 Å². The fourth-order valence-corrected chi connectivity index (χ4v) is 5.01. The Morgan fingerprint density at radius 1 is 0.657 bits per heavy atom. The molecule has 0 aliphatic carbocycles. The van der Waals surface area contributed by atoms with Gasteiger partial charge in [-0.1, -0.05) is 100 Å². The number of alkyl halides is 1. The van der Waals surface area contributed by atoms with Crippen LogP contribution in [0.1, 0.15) is 81.4 Å². The van der Waals surface area contributed by atoms with Gasteiger partial charge in [0.05, 0.1) is 6.61 Å². The average Bonchev–Trinajstić information content (AvgIpc) is 2.90. The van der Waals surface area contributed by atoms with Gasteiger partial charge < -0.3 is 4.74 Å². The molecule has 0 heterocycles. The van der Waals surface area contributed by atoms with E-state index < -0.39 is 0 Å². The molecule has 3 heteroatoms. The fraction of sp³-hybridized carbons (Fsp3) is 0.375. The molecule has 0 aromatic heterocycles. The summed E-state index contributed by atoms with van der Waals surface area (Å²) in [5.74, 6) is 1.75. The van der Waals surface area contributed by atoms with Crippen LogP contribution in [-0.2, 0) is 0 Å². The van der Waals surface area contributed by atoms with E-state index in [2.05, 4.69) is 108 Å². The third-order valence-electron chi connectivity index (χ3n) is 6.35. The molecule has 0 unspecified atom stereocenters. The summed E-state index contributed by atoms with van der Waals surface area (Å²) in [4.78, 5) is 0. The van der Waals surface area contributed by atoms with E-state index in [1.807, 2.05) is 0 Å². The van der Waals surface area contributed by atoms with Crippen molar-refractivity contribution >= 4 is 45.3 Å². The van der Waals surface area contributed by atoms with Crippen LogP contribution in [0.3, 0.4) is 0 Å². The van der Waals surface area contributed by atoms with Crippen molar-refractivity contribution in [3.63, 3.8) is 0 Å². The lowest BCUT2D eigenvalue weighted by molar-refractivity contribution is 0.304. The van der Waals surface area contributed by atoms with Crippen LogP contribution in [0.25, 0.3) is 11.1 Å². The molecule has 3 aromatic carbocycles. The van der Waals surface area contributed by atoms with Gasteiger partial charge in [0.1, 0.15) is 5.75 Å². The van der Waals surface area contributed by atoms with Crippen molar-refractivity contribution < 1.29 is 4.74 Å². The third kappa shape index (κ3) is 9.31. The molecule has 0 fully saturated rings. The molecule has 0 saturated carbocycles. The van der Waals surface area contributed by atoms with E-state index in [1.165, 1.54) is 69.9 Å². The first-order chi connectivity index (χ1) is 17.2. The van der Waals surface area contributed by atoms with E-state index in [0.717, 1.165) is 37.5 Å². The Bertz CT molecular complexity index is 1010. The topological polar surface area (TPSA) is 9.23 Å². The summed E-state index contributed by atoms with van der Waals surface area (Å²) in [6, 6.07) is 28.2. The van der Waals surface area contributed by atoms with E-state index in [9.17, 15) is 0 Å². The minimum Gasteiger partial charge on any atom is -0.494 e. The molecule has 3 rings (SSSR count). The quantitative estimate of drug-likeness (QED) is 0.0730. The van der Waals surface area contributed by atoms with Crippen LogP contribution in [0.2, 0.25) is 0 Å². The first-order valence-electron chi connectivity index (χ1n) is 13.1. The SMILES string of the molecule is CC/C(=C(\c1ccc(I)cc1)c1ccc(OCCCCCCCCCCCl)cc1)c1ccccc1. The number of unbranched alkanes of at least 4 members (excludes halogenated alkanes) is 7. The van der Waals surface area contributed by atoms with E-state index in [1.54, 1.807) is 0 Å². The second kappa shape index (κ2) is 16.1. The number of halogens is 2. The lowest BCUT2D eigenvalue weighted by atomic mass is 9.88. The van der Waals surface area contributed by atoms with Gasteiger partial charge in [0.25, 0.3) is 0 Å². The Balaban J connectivity index is 1.63. The van der Waals surface area contributed by atoms with Crippen molar-refractivity contribution in [2.75, 3.05) is 12.5 Å². The normalized spacial score (nSPS) is 11.9. The average molecular weight is 601 g/mol. The van der Waals surface area contributed by atoms with Gasteiger partial charge in [0.15, 0.2) is 0 Å². The van der Waals surface area contributed by atoms with Gasteiger partial charge in [-0.25, -0.2) is 0 Å². The number of allylic oxidation sites excluding steroid dienone is 1. The molecule has 0 radical (unpaired) electrons. The molecule has 1 nitrogen and oxygen atoms in total. The molecular weight excluding hydrogens is 563 g/mol. The second-order valence-corrected chi connectivity index (χ2v) is 10.6. The molecule has 0 atom stereocenters. The van der Waals surface area contributed by atoms with Gasteiger partial charge >= 0.3 is 0 Å². The molecule has 0 aliphatic rings. The van der Waals surface area contributed by atoms with Crippen molar-refractivity contribution in [2.45, 2.75) is 64.7 Å². The summed E-state index contributed by atoms with van der Waals surface area (Å²) < 4.78 is 7.31. The molecule has 186 valence electrons. The number of hydrogen-bond acceptors (Lipinski definition) is 1. The summed E-state index contributed by atoms with van der Waals surface area (Å²) in [5.41, 5.74) is 6.43. The minimum atomic E-state index is 0.787. The number of hydrogen-bond donors (Lipinski definition) is 0. The zero-order valence-corrected chi connectivity index (χ0v) is 23.9. The highest BCUT2D eigenvalue weighted by molar-refractivity contribution is 14.1. The van der Waals surface area contributed by atoms with Crippen molar-refractivity contribution in [2.24, 2.45) is 0 Å². The van der Waals surface area contributed by atoms with Crippen LogP contribution < -0.4 is 4.74 Å². The number of benzene rings is 3. The highest BCUT2D eigenvalue weighted by Gasteiger charge is 2.13. The van der Waals surface area contributed by atoms with Crippen LogP contribution in [0.4, 0.5) is 0 Å². The Morgan fingerprint density at radius 2 is 1.20 bits per heavy atom. The molecule has 0 saturated heterocycles. The smallest absolute Gasteiger partial charge is 0.119 e. The maximum absolute atomic E-state index is 6.06. The van der Waals surface area contributed by atoms with Crippen molar-refractivity contribution in [1.29, 1.82) is 0 Å². The maximum atomic E-state index is 6.06. The Hall–Kier alpha value is -1.78. The van der Waals surface area contributed by atoms with Crippen LogP contribution in [0.15, 0.2) is 78.9 Å². The summed E-state index contributed by atoms with van der Waals surface area (Å²) in [5, 5.41) is 0. The van der Waals surface area contributed by atoms with Gasteiger partial charge in [-0.3, -0.25) is 0 Å². The predicted molar refractivity (Wildman–Crippen MR) is 161 cm³/mol. The van der Waals surface area contributed by atoms with Gasteiger partial charge in [-0.15, -0.1) is 11.6 Å². The first kappa shape index (κ1) is 27.8. The molecule has 35 heavy (non-hydrogen) atoms. The van der Waals surface area contributed by atoms with Gasteiger partial charge in [0, 0.05) is 9.45 Å². The van der Waals surface area contributed by atoms with Gasteiger partial charge in [-0.05, 0) is 94.0 Å². The van der Waals surface area contributed by atoms with E-state index >= 15 is 0 Å². The zero-order chi connectivity index (χ0) is 24.7. The maximum Gasteiger partial charge on any atom is 0.119 e. The van der Waals surface area contributed by atoms with Crippen molar-refractivity contribution in [1.82, 2.24) is 0 Å². The zero-order valence-electron chi connectivity index (χ0n) is 20.9. The first-order valence-corrected chi connectivity index (χ1v) is 14.7. The third-order valence-corrected chi connectivity index (χ3v) is 7.34. The standard InChI is InChI=1S/C32H38ClIO/c1-2-31(26-14-10-9-11-15-26)32(27-16-20-29(34)21-17-27)28-18-22-30(23-19-28)35-25-13-8-6-4-3-5-7-12-24-33/h9-11,14-23H,2-8,12-13,24-25H2,1H3/b32-31-. The molecule has 0 N–H and O–H groups in total. The summed E-state index contributed by atoms with van der Waals surface area (Å²) in [6.45, 7) is 3.03. The van der Waals surface area contributed by atoms with Crippen LogP contribution in [0, 0.1) is 3.57 Å². The lowest BCUT2D eigenvalue weighted by Gasteiger charge is -2.17. The summed E-state index contributed by atoms with van der Waals surface area (Å²) in [6.07, 6.45) is 11.0. The molecular formula is C32H38ClIO. The second-order valence-electron chi connectivity index (χ2n) is 8.97. The van der Waals surface area contributed by atoms with E-state index in [4.69, 9.17) is 16.3 Å². The van der Waals surface area contributed by atoms with Crippen molar-refractivity contribution in [3.8, 4) is 5.75 Å². The van der Waals surface area contributed by atoms with Crippen LogP contribution in [-0.4, -0.2) is 12.5 Å². The monoisotopic (exact) mass is 600 g/mol. The minimum absolute atomic E-state index is 0.787. The molecule has 0 amide bonds. The lowest BCUT2D eigenvalue weighted by Crippen LogP contribution is -1.98. The fourth-order valence-electron chi connectivity index (χ4n) is 4.46. The van der Waals surface area contributed by atoms with Gasteiger partial charge in [0.2, 0.25) is 0 Å². The Kier molecular flexibility index (Phi) is 12.8. The number of ether oxygens (including phenoxy) is 1. The molecule has 3 aromatic rings. The predicted octanol–water partition coefficient (Wildman–Crippen LogP) is 10.4. The molecule has 0 bridgehead atoms. The highest BCUT2D eigenvalue weighted by Crippen LogP contribution is 2.35. The Labute approximate surface area is 231 Å². The molecule has 0 spiro atoms. The van der Waals surface area contributed by atoms with E-state index in [-0.39, 0.29) is 0 Å². The Morgan fingerprint density at radius 3 is 1.77 bits per heavy atom. The van der Waals surface area contributed by atoms with Crippen LogP contribution in [0.5, 0.6) is 5.75 Å². The summed E-state index contributed by atoms with van der Waals surface area (Å²) >= 11 is 8.11. The summed E-state index contributed by atoms with van der Waals surface area (Å²) in [7, 11) is 0. The highest BCUT2D eigenvalue weighted by atomic mass is 127. The van der Waals surface area contributed by atoms with Gasteiger partial charge in [-0.2, -0.15) is 0 Å². The van der Waals surface area contributed by atoms with Crippen LogP contribution >= 0.6 is 34.2 Å². The molecule has 0 aliphatic heterocycles.